The second-order valence-corrected chi connectivity index (χ2v) is 2.44. The van der Waals surface area contributed by atoms with Crippen LogP contribution in [0.3, 0.4) is 0 Å². The summed E-state index contributed by atoms with van der Waals surface area (Å²) < 4.78 is 9.80. The molecular weight excluding hydrogens is 191 g/mol. The van der Waals surface area contributed by atoms with Crippen LogP contribution in [0.5, 0.6) is 0 Å². The van der Waals surface area contributed by atoms with Crippen molar-refractivity contribution in [3.8, 4) is 0 Å². The van der Waals surface area contributed by atoms with Crippen molar-refractivity contribution >= 4 is 13.7 Å². The van der Waals surface area contributed by atoms with E-state index in [1.807, 2.05) is 0 Å². The van der Waals surface area contributed by atoms with Crippen LogP contribution in [0.1, 0.15) is 0 Å². The van der Waals surface area contributed by atoms with Crippen molar-refractivity contribution in [2.45, 2.75) is 0 Å². The molecule has 0 aromatic heterocycles. The molecular formula is C2H6N3Na2O3P. The first-order valence-corrected chi connectivity index (χ1v) is 3.52. The summed E-state index contributed by atoms with van der Waals surface area (Å²) in [6.45, 7) is 0. The fourth-order valence-electron chi connectivity index (χ4n) is 0.190. The zero-order valence-electron chi connectivity index (χ0n) is 6.70. The summed E-state index contributed by atoms with van der Waals surface area (Å²) in [5.41, 5.74) is 4.83. The Kier molecular flexibility index (Phi) is 13.3. The molecule has 9 heteroatoms. The first kappa shape index (κ1) is 18.3. The fourth-order valence-corrected chi connectivity index (χ4v) is 0.571. The number of nitrogens with zero attached hydrogens (tertiary/aromatic N) is 1. The average Bonchev–Trinajstić information content (AvgIpc) is 1.62. The van der Waals surface area contributed by atoms with Gasteiger partial charge in [-0.2, -0.15) is 0 Å². The first-order chi connectivity index (χ1) is 3.95. The Morgan fingerprint density at radius 3 is 2.00 bits per heavy atom. The summed E-state index contributed by atoms with van der Waals surface area (Å²) in [5.74, 6) is -0.400. The molecule has 0 unspecified atom stereocenters. The maximum atomic E-state index is 9.80. The Hall–Kier alpha value is 1.42. The zero-order chi connectivity index (χ0) is 7.49. The van der Waals surface area contributed by atoms with E-state index in [2.05, 4.69) is 4.99 Å². The maximum Gasteiger partial charge on any atom is 1.00 e. The molecule has 6 nitrogen and oxygen atoms in total. The minimum absolute atomic E-state index is 0. The van der Waals surface area contributed by atoms with E-state index < -0.39 is 13.7 Å². The number of aliphatic imine (C=N–C) groups is 1. The zero-order valence-corrected chi connectivity index (χ0v) is 11.6. The topological polar surface area (TPSA) is 114 Å². The summed E-state index contributed by atoms with van der Waals surface area (Å²) in [7, 11) is -3.48. The monoisotopic (exact) mass is 197 g/mol. The van der Waals surface area contributed by atoms with E-state index in [1.165, 1.54) is 12.1 Å². The molecule has 0 aliphatic rings. The Bertz CT molecular complexity index is 168. The third-order valence-electron chi connectivity index (χ3n) is 0.492. The van der Waals surface area contributed by atoms with E-state index in [0.717, 1.165) is 0 Å². The van der Waals surface area contributed by atoms with E-state index in [9.17, 15) is 14.4 Å². The largest absolute Gasteiger partial charge is 1.00 e. The van der Waals surface area contributed by atoms with Crippen molar-refractivity contribution in [1.82, 2.24) is 5.09 Å². The second-order valence-electron chi connectivity index (χ2n) is 1.22. The number of guanidine groups is 1. The average molecular weight is 197 g/mol. The Morgan fingerprint density at radius 2 is 1.91 bits per heavy atom. The van der Waals surface area contributed by atoms with Gasteiger partial charge >= 0.3 is 59.1 Å². The van der Waals surface area contributed by atoms with Gasteiger partial charge in [-0.25, -0.2) is 0 Å². The van der Waals surface area contributed by atoms with Crippen LogP contribution >= 0.6 is 7.75 Å². The van der Waals surface area contributed by atoms with Crippen LogP contribution in [0.15, 0.2) is 4.99 Å². The summed E-state index contributed by atoms with van der Waals surface area (Å²) in [5, 5.41) is 1.44. The maximum absolute atomic E-state index is 9.80. The molecule has 0 aromatic rings. The Morgan fingerprint density at radius 1 is 1.55 bits per heavy atom. The van der Waals surface area contributed by atoms with Crippen molar-refractivity contribution in [1.29, 1.82) is 0 Å². The smallest absolute Gasteiger partial charge is 0.795 e. The SMILES string of the molecule is CN=C(N)NP(=O)([O-])[O-].[Na+].[Na+]. The van der Waals surface area contributed by atoms with E-state index in [-0.39, 0.29) is 59.1 Å². The van der Waals surface area contributed by atoms with Crippen molar-refractivity contribution in [3.05, 3.63) is 0 Å². The number of nitrogens with two attached hydrogens (primary N) is 1. The minimum atomic E-state index is -4.74. The predicted octanol–water partition coefficient (Wildman–Crippen LogP) is -8.64. The quantitative estimate of drug-likeness (QED) is 0.187. The van der Waals surface area contributed by atoms with Crippen LogP contribution in [0, 0.1) is 0 Å². The van der Waals surface area contributed by atoms with E-state index in [1.54, 1.807) is 0 Å². The third kappa shape index (κ3) is 14.3. The Labute approximate surface area is 109 Å². The summed E-state index contributed by atoms with van der Waals surface area (Å²) in [4.78, 5) is 22.8. The van der Waals surface area contributed by atoms with Crippen LogP contribution in [0.2, 0.25) is 0 Å². The molecule has 0 saturated carbocycles. The van der Waals surface area contributed by atoms with Gasteiger partial charge in [0, 0.05) is 14.8 Å². The standard InChI is InChI=1S/C2H8N3O3P.2Na/c1-4-2(3)5-9(6,7)8;;/h1H3,(H5,3,4,5,6,7,8);;/q;2*+1/p-2. The van der Waals surface area contributed by atoms with Gasteiger partial charge in [-0.3, -0.25) is 4.99 Å². The molecule has 0 aliphatic carbocycles. The molecule has 0 saturated heterocycles. The van der Waals surface area contributed by atoms with Gasteiger partial charge in [0.2, 0.25) is 0 Å². The van der Waals surface area contributed by atoms with Gasteiger partial charge in [-0.1, -0.05) is 0 Å². The molecule has 0 spiro atoms. The van der Waals surface area contributed by atoms with Crippen molar-refractivity contribution < 1.29 is 73.5 Å². The molecule has 54 valence electrons. The van der Waals surface area contributed by atoms with Crippen LogP contribution < -0.4 is 79.7 Å². The number of rotatable bonds is 1. The minimum Gasteiger partial charge on any atom is -0.795 e. The van der Waals surface area contributed by atoms with Gasteiger partial charge in [-0.15, -0.1) is 0 Å². The molecule has 11 heavy (non-hydrogen) atoms. The molecule has 0 radical (unpaired) electrons. The normalized spacial score (nSPS) is 11.0. The molecule has 0 fully saturated rings. The van der Waals surface area contributed by atoms with Crippen molar-refractivity contribution in [2.75, 3.05) is 7.05 Å². The molecule has 0 aromatic carbocycles. The van der Waals surface area contributed by atoms with Gasteiger partial charge in [0.1, 0.15) is 0 Å². The van der Waals surface area contributed by atoms with E-state index >= 15 is 0 Å². The molecule has 3 N–H and O–H groups in total. The van der Waals surface area contributed by atoms with Crippen LogP contribution in [0.4, 0.5) is 0 Å². The second kappa shape index (κ2) is 8.04. The van der Waals surface area contributed by atoms with Gasteiger partial charge in [-0.05, 0) is 0 Å². The summed E-state index contributed by atoms with van der Waals surface area (Å²) >= 11 is 0. The third-order valence-corrected chi connectivity index (χ3v) is 0.995. The van der Waals surface area contributed by atoms with E-state index in [4.69, 9.17) is 5.73 Å². The van der Waals surface area contributed by atoms with Crippen molar-refractivity contribution in [2.24, 2.45) is 10.7 Å². The molecule has 0 atom stereocenters. The molecule has 0 rings (SSSR count). The Balaban J connectivity index is -0.000000320. The molecule has 0 heterocycles. The predicted molar refractivity (Wildman–Crippen MR) is 28.3 cm³/mol. The number of hydrogen-bond acceptors (Lipinski definition) is 4. The summed E-state index contributed by atoms with van der Waals surface area (Å²) in [6, 6.07) is 0. The van der Waals surface area contributed by atoms with Crippen LogP contribution in [-0.4, -0.2) is 13.0 Å². The van der Waals surface area contributed by atoms with E-state index in [0.29, 0.717) is 0 Å². The number of hydrogen-bond donors (Lipinski definition) is 2. The number of nitrogens with one attached hydrogen (secondary N) is 1. The van der Waals surface area contributed by atoms with Gasteiger partial charge in [0.05, 0.1) is 0 Å². The molecule has 0 bridgehead atoms. The summed E-state index contributed by atoms with van der Waals surface area (Å²) in [6.07, 6.45) is 0. The van der Waals surface area contributed by atoms with Gasteiger partial charge < -0.3 is 25.2 Å². The molecule has 0 amide bonds. The molecule has 0 aliphatic heterocycles. The first-order valence-electron chi connectivity index (χ1n) is 1.98. The van der Waals surface area contributed by atoms with Gasteiger partial charge in [0.25, 0.3) is 0 Å². The fraction of sp³-hybridized carbons (Fsp3) is 0.500. The van der Waals surface area contributed by atoms with Crippen LogP contribution in [-0.2, 0) is 4.57 Å². The van der Waals surface area contributed by atoms with Crippen molar-refractivity contribution in [3.63, 3.8) is 0 Å². The van der Waals surface area contributed by atoms with Crippen LogP contribution in [0.25, 0.3) is 0 Å². The van der Waals surface area contributed by atoms with Gasteiger partial charge in [0.15, 0.2) is 5.96 Å².